The number of hydrogen-bond donors (Lipinski definition) is 2. The van der Waals surface area contributed by atoms with E-state index in [4.69, 9.17) is 11.5 Å². The van der Waals surface area contributed by atoms with Crippen LogP contribution in [0.15, 0.2) is 18.2 Å². The lowest BCUT2D eigenvalue weighted by molar-refractivity contribution is -0.117. The van der Waals surface area contributed by atoms with Crippen LogP contribution in [-0.4, -0.2) is 19.0 Å². The first-order chi connectivity index (χ1) is 8.11. The average molecular weight is 233 g/mol. The zero-order valence-corrected chi connectivity index (χ0v) is 10.1. The second-order valence-electron chi connectivity index (χ2n) is 4.75. The number of hydrogen-bond acceptors (Lipinski definition) is 3. The quantitative estimate of drug-likeness (QED) is 0.766. The molecule has 1 aromatic rings. The highest BCUT2D eigenvalue weighted by atomic mass is 16.2. The van der Waals surface area contributed by atoms with Crippen molar-refractivity contribution in [2.75, 3.05) is 23.7 Å². The summed E-state index contributed by atoms with van der Waals surface area (Å²) >= 11 is 0. The van der Waals surface area contributed by atoms with Crippen LogP contribution >= 0.6 is 0 Å². The molecule has 4 heteroatoms. The van der Waals surface area contributed by atoms with Crippen LogP contribution in [-0.2, 0) is 11.2 Å². The van der Waals surface area contributed by atoms with Gasteiger partial charge in [-0.05, 0) is 42.6 Å². The van der Waals surface area contributed by atoms with Gasteiger partial charge in [0.15, 0.2) is 0 Å². The molecule has 1 atom stereocenters. The Labute approximate surface area is 102 Å². The SMILES string of the molecule is CC(CCN)CN1C(=O)Cc2cc(N)ccc21. The topological polar surface area (TPSA) is 72.3 Å². The number of carbonyl (C=O) groups is 1. The van der Waals surface area contributed by atoms with Gasteiger partial charge in [-0.2, -0.15) is 0 Å². The van der Waals surface area contributed by atoms with Gasteiger partial charge in [-0.1, -0.05) is 6.92 Å². The summed E-state index contributed by atoms with van der Waals surface area (Å²) in [7, 11) is 0. The zero-order chi connectivity index (χ0) is 12.4. The molecule has 1 heterocycles. The van der Waals surface area contributed by atoms with E-state index in [0.717, 1.165) is 24.2 Å². The third-order valence-electron chi connectivity index (χ3n) is 3.19. The smallest absolute Gasteiger partial charge is 0.231 e. The molecule has 1 aromatic carbocycles. The van der Waals surface area contributed by atoms with Crippen LogP contribution in [0.25, 0.3) is 0 Å². The predicted octanol–water partition coefficient (Wildman–Crippen LogP) is 1.14. The number of fused-ring (bicyclic) bond motifs is 1. The van der Waals surface area contributed by atoms with Gasteiger partial charge >= 0.3 is 0 Å². The number of nitrogen functional groups attached to an aromatic ring is 1. The first-order valence-electron chi connectivity index (χ1n) is 6.00. The molecule has 1 unspecified atom stereocenters. The van der Waals surface area contributed by atoms with Crippen molar-refractivity contribution in [1.29, 1.82) is 0 Å². The minimum absolute atomic E-state index is 0.162. The van der Waals surface area contributed by atoms with E-state index in [1.807, 2.05) is 23.1 Å². The van der Waals surface area contributed by atoms with Crippen LogP contribution in [0, 0.1) is 5.92 Å². The molecule has 0 saturated carbocycles. The van der Waals surface area contributed by atoms with Gasteiger partial charge in [-0.15, -0.1) is 0 Å². The molecule has 0 saturated heterocycles. The summed E-state index contributed by atoms with van der Waals surface area (Å²) in [6.07, 6.45) is 1.41. The number of benzene rings is 1. The Bertz CT molecular complexity index is 431. The maximum Gasteiger partial charge on any atom is 0.231 e. The fraction of sp³-hybridized carbons (Fsp3) is 0.462. The summed E-state index contributed by atoms with van der Waals surface area (Å²) in [5.41, 5.74) is 14.0. The van der Waals surface area contributed by atoms with Crippen molar-refractivity contribution in [3.63, 3.8) is 0 Å². The Balaban J connectivity index is 2.17. The van der Waals surface area contributed by atoms with Gasteiger partial charge in [0.05, 0.1) is 6.42 Å². The molecule has 0 fully saturated rings. The van der Waals surface area contributed by atoms with E-state index in [2.05, 4.69) is 6.92 Å². The van der Waals surface area contributed by atoms with Gasteiger partial charge in [0.25, 0.3) is 0 Å². The van der Waals surface area contributed by atoms with Crippen molar-refractivity contribution in [2.45, 2.75) is 19.8 Å². The van der Waals surface area contributed by atoms with E-state index < -0.39 is 0 Å². The molecule has 0 aromatic heterocycles. The largest absolute Gasteiger partial charge is 0.399 e. The highest BCUT2D eigenvalue weighted by Crippen LogP contribution is 2.31. The normalized spacial score (nSPS) is 16.1. The molecule has 0 radical (unpaired) electrons. The number of nitrogens with two attached hydrogens (primary N) is 2. The number of nitrogens with zero attached hydrogens (tertiary/aromatic N) is 1. The number of rotatable bonds is 4. The summed E-state index contributed by atoms with van der Waals surface area (Å²) in [6, 6.07) is 5.67. The summed E-state index contributed by atoms with van der Waals surface area (Å²) in [5, 5.41) is 0. The molecule has 1 amide bonds. The highest BCUT2D eigenvalue weighted by Gasteiger charge is 2.27. The minimum Gasteiger partial charge on any atom is -0.399 e. The Morgan fingerprint density at radius 2 is 2.24 bits per heavy atom. The van der Waals surface area contributed by atoms with Crippen LogP contribution in [0.2, 0.25) is 0 Å². The van der Waals surface area contributed by atoms with Gasteiger partial charge in [0.1, 0.15) is 0 Å². The van der Waals surface area contributed by atoms with Gasteiger partial charge < -0.3 is 16.4 Å². The molecule has 0 aliphatic carbocycles. The molecule has 4 nitrogen and oxygen atoms in total. The maximum absolute atomic E-state index is 11.9. The number of carbonyl (C=O) groups excluding carboxylic acids is 1. The van der Waals surface area contributed by atoms with E-state index in [1.54, 1.807) is 0 Å². The molecular formula is C13H19N3O. The zero-order valence-electron chi connectivity index (χ0n) is 10.1. The van der Waals surface area contributed by atoms with Crippen molar-refractivity contribution in [3.8, 4) is 0 Å². The molecule has 1 aliphatic heterocycles. The summed E-state index contributed by atoms with van der Waals surface area (Å²) < 4.78 is 0. The van der Waals surface area contributed by atoms with Crippen molar-refractivity contribution < 1.29 is 4.79 Å². The molecule has 2 rings (SSSR count). The van der Waals surface area contributed by atoms with Crippen molar-refractivity contribution >= 4 is 17.3 Å². The first kappa shape index (κ1) is 11.9. The predicted molar refractivity (Wildman–Crippen MR) is 69.7 cm³/mol. The van der Waals surface area contributed by atoms with Crippen molar-refractivity contribution in [1.82, 2.24) is 0 Å². The maximum atomic E-state index is 11.9. The molecule has 0 bridgehead atoms. The summed E-state index contributed by atoms with van der Waals surface area (Å²) in [4.78, 5) is 13.8. The first-order valence-corrected chi connectivity index (χ1v) is 6.00. The van der Waals surface area contributed by atoms with Crippen LogP contribution in [0.4, 0.5) is 11.4 Å². The summed E-state index contributed by atoms with van der Waals surface area (Å²) in [6.45, 7) is 3.53. The third-order valence-corrected chi connectivity index (χ3v) is 3.19. The van der Waals surface area contributed by atoms with E-state index in [0.29, 0.717) is 24.6 Å². The minimum atomic E-state index is 0.162. The molecular weight excluding hydrogens is 214 g/mol. The second-order valence-corrected chi connectivity index (χ2v) is 4.75. The van der Waals surface area contributed by atoms with Gasteiger partial charge in [0.2, 0.25) is 5.91 Å². The standard InChI is InChI=1S/C13H19N3O/c1-9(4-5-14)8-16-12-3-2-11(15)6-10(12)7-13(16)17/h2-3,6,9H,4-5,7-8,14-15H2,1H3. The Hall–Kier alpha value is -1.55. The lowest BCUT2D eigenvalue weighted by atomic mass is 10.1. The van der Waals surface area contributed by atoms with Crippen LogP contribution in [0.3, 0.4) is 0 Å². The molecule has 92 valence electrons. The van der Waals surface area contributed by atoms with Gasteiger partial charge in [-0.3, -0.25) is 4.79 Å². The van der Waals surface area contributed by atoms with Crippen LogP contribution in [0.1, 0.15) is 18.9 Å². The number of amides is 1. The van der Waals surface area contributed by atoms with Gasteiger partial charge in [-0.25, -0.2) is 0 Å². The monoisotopic (exact) mass is 233 g/mol. The van der Waals surface area contributed by atoms with Crippen molar-refractivity contribution in [2.24, 2.45) is 11.7 Å². The van der Waals surface area contributed by atoms with Gasteiger partial charge in [0, 0.05) is 17.9 Å². The Morgan fingerprint density at radius 1 is 1.47 bits per heavy atom. The number of anilines is 2. The van der Waals surface area contributed by atoms with E-state index in [-0.39, 0.29) is 5.91 Å². The van der Waals surface area contributed by atoms with E-state index in [1.165, 1.54) is 0 Å². The van der Waals surface area contributed by atoms with Crippen molar-refractivity contribution in [3.05, 3.63) is 23.8 Å². The molecule has 17 heavy (non-hydrogen) atoms. The molecule has 1 aliphatic rings. The Morgan fingerprint density at radius 3 is 2.94 bits per heavy atom. The highest BCUT2D eigenvalue weighted by molar-refractivity contribution is 6.01. The molecule has 0 spiro atoms. The van der Waals surface area contributed by atoms with E-state index in [9.17, 15) is 4.79 Å². The van der Waals surface area contributed by atoms with E-state index >= 15 is 0 Å². The van der Waals surface area contributed by atoms with Crippen LogP contribution in [0.5, 0.6) is 0 Å². The van der Waals surface area contributed by atoms with Crippen LogP contribution < -0.4 is 16.4 Å². The fourth-order valence-corrected chi connectivity index (χ4v) is 2.29. The third kappa shape index (κ3) is 2.42. The molecule has 4 N–H and O–H groups in total. The fourth-order valence-electron chi connectivity index (χ4n) is 2.29. The second kappa shape index (κ2) is 4.75. The lowest BCUT2D eigenvalue weighted by Gasteiger charge is -2.21. The summed E-state index contributed by atoms with van der Waals surface area (Å²) in [5.74, 6) is 0.585. The lowest BCUT2D eigenvalue weighted by Crippen LogP contribution is -2.32. The Kier molecular flexibility index (Phi) is 3.33. The average Bonchev–Trinajstić information content (AvgIpc) is 2.55.